The number of hydrogen-bond donors (Lipinski definition) is 1. The summed E-state index contributed by atoms with van der Waals surface area (Å²) in [5, 5.41) is 0. The molecule has 96 valence electrons. The van der Waals surface area contributed by atoms with Crippen LogP contribution < -0.4 is 5.73 Å². The summed E-state index contributed by atoms with van der Waals surface area (Å²) in [6.07, 6.45) is -2.87. The van der Waals surface area contributed by atoms with Gasteiger partial charge in [-0.05, 0) is 24.0 Å². The van der Waals surface area contributed by atoms with Crippen LogP contribution in [0.5, 0.6) is 0 Å². The van der Waals surface area contributed by atoms with Gasteiger partial charge in [0, 0.05) is 6.04 Å². The smallest absolute Gasteiger partial charge is 0.327 e. The first-order valence-electron chi connectivity index (χ1n) is 5.76. The third kappa shape index (κ3) is 4.04. The van der Waals surface area contributed by atoms with Gasteiger partial charge in [-0.2, -0.15) is 13.2 Å². The molecule has 0 aliphatic rings. The van der Waals surface area contributed by atoms with Crippen molar-refractivity contribution in [1.82, 2.24) is 0 Å². The molecule has 0 spiro atoms. The predicted octanol–water partition coefficient (Wildman–Crippen LogP) is 3.62. The van der Waals surface area contributed by atoms with E-state index in [1.807, 2.05) is 13.8 Å². The lowest BCUT2D eigenvalue weighted by Gasteiger charge is -2.18. The van der Waals surface area contributed by atoms with E-state index in [0.717, 1.165) is 12.5 Å². The maximum atomic E-state index is 12.5. The summed E-state index contributed by atoms with van der Waals surface area (Å²) in [4.78, 5) is 0. The van der Waals surface area contributed by atoms with Crippen molar-refractivity contribution in [3.05, 3.63) is 35.4 Å². The van der Waals surface area contributed by atoms with Gasteiger partial charge in [0.05, 0.1) is 5.56 Å². The van der Waals surface area contributed by atoms with E-state index in [-0.39, 0.29) is 6.04 Å². The van der Waals surface area contributed by atoms with Crippen LogP contribution in [-0.2, 0) is 12.6 Å². The molecule has 0 aliphatic carbocycles. The van der Waals surface area contributed by atoms with Crippen LogP contribution in [0.1, 0.15) is 31.4 Å². The van der Waals surface area contributed by atoms with Crippen molar-refractivity contribution in [2.24, 2.45) is 11.7 Å². The Bertz CT molecular complexity index is 360. The molecule has 2 unspecified atom stereocenters. The minimum Gasteiger partial charge on any atom is -0.327 e. The Morgan fingerprint density at radius 1 is 1.29 bits per heavy atom. The van der Waals surface area contributed by atoms with Crippen LogP contribution in [-0.4, -0.2) is 6.04 Å². The van der Waals surface area contributed by atoms with Crippen LogP contribution >= 0.6 is 0 Å². The van der Waals surface area contributed by atoms with E-state index < -0.39 is 11.7 Å². The Hall–Kier alpha value is -1.03. The largest absolute Gasteiger partial charge is 0.416 e. The number of alkyl halides is 3. The van der Waals surface area contributed by atoms with Gasteiger partial charge in [-0.3, -0.25) is 0 Å². The molecule has 2 atom stereocenters. The molecule has 1 rings (SSSR count). The number of rotatable bonds is 4. The van der Waals surface area contributed by atoms with Gasteiger partial charge in [-0.1, -0.05) is 38.5 Å². The molecule has 17 heavy (non-hydrogen) atoms. The molecule has 0 heterocycles. The zero-order valence-electron chi connectivity index (χ0n) is 10.1. The molecule has 0 amide bonds. The van der Waals surface area contributed by atoms with Crippen molar-refractivity contribution in [1.29, 1.82) is 0 Å². The topological polar surface area (TPSA) is 26.0 Å². The minimum absolute atomic E-state index is 0.0940. The molecule has 0 radical (unpaired) electrons. The molecule has 0 bridgehead atoms. The monoisotopic (exact) mass is 245 g/mol. The van der Waals surface area contributed by atoms with Gasteiger partial charge in [0.2, 0.25) is 0 Å². The first kappa shape index (κ1) is 14.0. The average Bonchev–Trinajstić information content (AvgIpc) is 2.27. The predicted molar refractivity (Wildman–Crippen MR) is 62.6 cm³/mol. The molecule has 0 aromatic heterocycles. The second-order valence-corrected chi connectivity index (χ2v) is 4.45. The fourth-order valence-electron chi connectivity index (χ4n) is 1.65. The van der Waals surface area contributed by atoms with E-state index in [2.05, 4.69) is 0 Å². The molecule has 4 heteroatoms. The van der Waals surface area contributed by atoms with Crippen LogP contribution in [0.15, 0.2) is 24.3 Å². The van der Waals surface area contributed by atoms with Crippen molar-refractivity contribution >= 4 is 0 Å². The number of halogens is 3. The van der Waals surface area contributed by atoms with Gasteiger partial charge in [0.15, 0.2) is 0 Å². The minimum atomic E-state index is -4.28. The lowest BCUT2D eigenvalue weighted by Crippen LogP contribution is -2.30. The highest BCUT2D eigenvalue weighted by molar-refractivity contribution is 5.26. The fraction of sp³-hybridized carbons (Fsp3) is 0.538. The van der Waals surface area contributed by atoms with E-state index in [4.69, 9.17) is 5.73 Å². The van der Waals surface area contributed by atoms with Gasteiger partial charge in [-0.25, -0.2) is 0 Å². The summed E-state index contributed by atoms with van der Waals surface area (Å²) in [6.45, 7) is 4.04. The lowest BCUT2D eigenvalue weighted by atomic mass is 9.93. The van der Waals surface area contributed by atoms with Crippen molar-refractivity contribution < 1.29 is 13.2 Å². The summed E-state index contributed by atoms with van der Waals surface area (Å²) < 4.78 is 37.5. The Balaban J connectivity index is 2.79. The van der Waals surface area contributed by atoms with Gasteiger partial charge in [0.25, 0.3) is 0 Å². The molecular weight excluding hydrogens is 227 g/mol. The van der Waals surface area contributed by atoms with Crippen LogP contribution in [0.3, 0.4) is 0 Å². The van der Waals surface area contributed by atoms with E-state index in [1.165, 1.54) is 12.1 Å². The molecule has 1 nitrogen and oxygen atoms in total. The summed E-state index contributed by atoms with van der Waals surface area (Å²) >= 11 is 0. The zero-order valence-corrected chi connectivity index (χ0v) is 10.1. The Kier molecular flexibility index (Phi) is 4.57. The van der Waals surface area contributed by atoms with Crippen molar-refractivity contribution in [3.63, 3.8) is 0 Å². The first-order chi connectivity index (χ1) is 7.84. The number of benzene rings is 1. The third-order valence-corrected chi connectivity index (χ3v) is 3.10. The molecule has 1 aromatic carbocycles. The summed E-state index contributed by atoms with van der Waals surface area (Å²) in [7, 11) is 0. The van der Waals surface area contributed by atoms with E-state index in [1.54, 1.807) is 6.07 Å². The van der Waals surface area contributed by atoms with Gasteiger partial charge < -0.3 is 5.73 Å². The van der Waals surface area contributed by atoms with Crippen LogP contribution in [0.25, 0.3) is 0 Å². The molecular formula is C13H18F3N. The van der Waals surface area contributed by atoms with Gasteiger partial charge >= 0.3 is 6.18 Å². The van der Waals surface area contributed by atoms with Crippen molar-refractivity contribution in [2.45, 2.75) is 38.9 Å². The molecule has 0 saturated carbocycles. The quantitative estimate of drug-likeness (QED) is 0.861. The Morgan fingerprint density at radius 3 is 2.47 bits per heavy atom. The molecule has 1 aromatic rings. The summed E-state index contributed by atoms with van der Waals surface area (Å²) in [6, 6.07) is 5.29. The molecule has 2 N–H and O–H groups in total. The molecule has 0 aliphatic heterocycles. The van der Waals surface area contributed by atoms with Crippen LogP contribution in [0.4, 0.5) is 13.2 Å². The van der Waals surface area contributed by atoms with E-state index in [9.17, 15) is 13.2 Å². The van der Waals surface area contributed by atoms with Crippen molar-refractivity contribution in [2.75, 3.05) is 0 Å². The second-order valence-electron chi connectivity index (χ2n) is 4.45. The zero-order chi connectivity index (χ0) is 13.1. The molecule has 0 fully saturated rings. The highest BCUT2D eigenvalue weighted by atomic mass is 19.4. The average molecular weight is 245 g/mol. The number of nitrogens with two attached hydrogens (primary N) is 1. The second kappa shape index (κ2) is 5.54. The standard InChI is InChI=1S/C13H18F3N/c1-3-9(2)12(17)8-10-5-4-6-11(7-10)13(14,15)16/h4-7,9,12H,3,8,17H2,1-2H3. The highest BCUT2D eigenvalue weighted by Gasteiger charge is 2.30. The Morgan fingerprint density at radius 2 is 1.94 bits per heavy atom. The summed E-state index contributed by atoms with van der Waals surface area (Å²) in [5.41, 5.74) is 5.98. The lowest BCUT2D eigenvalue weighted by molar-refractivity contribution is -0.137. The van der Waals surface area contributed by atoms with Crippen LogP contribution in [0, 0.1) is 5.92 Å². The molecule has 0 saturated heterocycles. The van der Waals surface area contributed by atoms with E-state index in [0.29, 0.717) is 17.9 Å². The first-order valence-corrected chi connectivity index (χ1v) is 5.76. The maximum Gasteiger partial charge on any atom is 0.416 e. The third-order valence-electron chi connectivity index (χ3n) is 3.10. The highest BCUT2D eigenvalue weighted by Crippen LogP contribution is 2.29. The number of hydrogen-bond acceptors (Lipinski definition) is 1. The SMILES string of the molecule is CCC(C)C(N)Cc1cccc(C(F)(F)F)c1. The van der Waals surface area contributed by atoms with Gasteiger partial charge in [-0.15, -0.1) is 0 Å². The maximum absolute atomic E-state index is 12.5. The van der Waals surface area contributed by atoms with Crippen LogP contribution in [0.2, 0.25) is 0 Å². The fourth-order valence-corrected chi connectivity index (χ4v) is 1.65. The summed E-state index contributed by atoms with van der Waals surface area (Å²) in [5.74, 6) is 0.310. The Labute approximate surface area is 99.8 Å². The normalized spacial score (nSPS) is 15.6. The van der Waals surface area contributed by atoms with E-state index >= 15 is 0 Å². The van der Waals surface area contributed by atoms with Gasteiger partial charge in [0.1, 0.15) is 0 Å². The van der Waals surface area contributed by atoms with Crippen molar-refractivity contribution in [3.8, 4) is 0 Å².